The highest BCUT2D eigenvalue weighted by atomic mass is 16.6. The molecule has 0 aliphatic carbocycles. The lowest BCUT2D eigenvalue weighted by atomic mass is 9.97. The summed E-state index contributed by atoms with van der Waals surface area (Å²) in [4.78, 5) is 35.5. The molecule has 2 aromatic rings. The van der Waals surface area contributed by atoms with Gasteiger partial charge in [0.05, 0.1) is 10.5 Å². The third kappa shape index (κ3) is 4.64. The molecule has 0 bridgehead atoms. The number of nitrogens with one attached hydrogen (secondary N) is 1. The molecule has 0 fully saturated rings. The number of non-ortho nitro benzene ring substituents is 1. The van der Waals surface area contributed by atoms with E-state index in [1.807, 2.05) is 6.07 Å². The number of amides is 1. The van der Waals surface area contributed by atoms with Crippen LogP contribution in [0, 0.1) is 10.1 Å². The maximum absolute atomic E-state index is 12.5. The van der Waals surface area contributed by atoms with Crippen LogP contribution in [0.25, 0.3) is 0 Å². The standard InChI is InChI=1S/C20H21N3O5/c24-19(2-1-10-21-17-5-7-18(8-6-17)23(27)28)22-11-9-14-3-4-15(20(25)26)12-16(14)13-22/h3-8,12,21H,1-2,9-11,13H2,(H,25,26). The first-order valence-electron chi connectivity index (χ1n) is 9.05. The fraction of sp³-hybridized carbons (Fsp3) is 0.300. The van der Waals surface area contributed by atoms with Crippen molar-refractivity contribution in [1.82, 2.24) is 4.90 Å². The zero-order valence-corrected chi connectivity index (χ0v) is 15.3. The Morgan fingerprint density at radius 2 is 1.89 bits per heavy atom. The van der Waals surface area contributed by atoms with Gasteiger partial charge in [0.15, 0.2) is 0 Å². The monoisotopic (exact) mass is 383 g/mol. The third-order valence-electron chi connectivity index (χ3n) is 4.79. The van der Waals surface area contributed by atoms with Crippen LogP contribution in [0.2, 0.25) is 0 Å². The summed E-state index contributed by atoms with van der Waals surface area (Å²) in [5, 5.41) is 22.9. The van der Waals surface area contributed by atoms with Gasteiger partial charge in [-0.15, -0.1) is 0 Å². The van der Waals surface area contributed by atoms with Crippen molar-refractivity contribution < 1.29 is 19.6 Å². The number of carbonyl (C=O) groups excluding carboxylic acids is 1. The molecule has 1 heterocycles. The quantitative estimate of drug-likeness (QED) is 0.432. The zero-order chi connectivity index (χ0) is 20.1. The number of aromatic carboxylic acids is 1. The van der Waals surface area contributed by atoms with Crippen molar-refractivity contribution in [3.8, 4) is 0 Å². The van der Waals surface area contributed by atoms with Gasteiger partial charge in [0, 0.05) is 43.9 Å². The molecule has 0 saturated carbocycles. The van der Waals surface area contributed by atoms with Gasteiger partial charge in [0.25, 0.3) is 5.69 Å². The number of nitro benzene ring substituents is 1. The molecule has 0 saturated heterocycles. The summed E-state index contributed by atoms with van der Waals surface area (Å²) in [5.41, 5.74) is 3.03. The van der Waals surface area contributed by atoms with Gasteiger partial charge in [-0.05, 0) is 48.2 Å². The lowest BCUT2D eigenvalue weighted by Crippen LogP contribution is -2.36. The van der Waals surface area contributed by atoms with Crippen molar-refractivity contribution in [3.63, 3.8) is 0 Å². The van der Waals surface area contributed by atoms with E-state index >= 15 is 0 Å². The van der Waals surface area contributed by atoms with Crippen LogP contribution < -0.4 is 5.32 Å². The summed E-state index contributed by atoms with van der Waals surface area (Å²) in [7, 11) is 0. The number of rotatable bonds is 7. The molecular weight excluding hydrogens is 362 g/mol. The normalized spacial score (nSPS) is 12.9. The zero-order valence-electron chi connectivity index (χ0n) is 15.3. The van der Waals surface area contributed by atoms with Crippen LogP contribution in [0.1, 0.15) is 34.3 Å². The number of nitrogens with zero attached hydrogens (tertiary/aromatic N) is 2. The molecule has 0 aromatic heterocycles. The topological polar surface area (TPSA) is 113 Å². The Morgan fingerprint density at radius 3 is 2.57 bits per heavy atom. The first kappa shape index (κ1) is 19.3. The van der Waals surface area contributed by atoms with E-state index in [1.165, 1.54) is 12.1 Å². The Bertz CT molecular complexity index is 895. The van der Waals surface area contributed by atoms with Crippen LogP contribution in [-0.2, 0) is 17.8 Å². The molecule has 1 aliphatic rings. The molecule has 146 valence electrons. The highest BCUT2D eigenvalue weighted by Crippen LogP contribution is 2.21. The summed E-state index contributed by atoms with van der Waals surface area (Å²) >= 11 is 0. The Kier molecular flexibility index (Phi) is 5.88. The van der Waals surface area contributed by atoms with E-state index in [1.54, 1.807) is 29.2 Å². The summed E-state index contributed by atoms with van der Waals surface area (Å²) in [6.07, 6.45) is 1.74. The average Bonchev–Trinajstić information content (AvgIpc) is 2.70. The molecule has 8 heteroatoms. The predicted molar refractivity (Wildman–Crippen MR) is 103 cm³/mol. The molecule has 0 unspecified atom stereocenters. The minimum Gasteiger partial charge on any atom is -0.478 e. The van der Waals surface area contributed by atoms with Crippen LogP contribution in [0.15, 0.2) is 42.5 Å². The molecule has 2 N–H and O–H groups in total. The van der Waals surface area contributed by atoms with Gasteiger partial charge in [-0.2, -0.15) is 0 Å². The van der Waals surface area contributed by atoms with Crippen LogP contribution >= 0.6 is 0 Å². The fourth-order valence-electron chi connectivity index (χ4n) is 3.23. The van der Waals surface area contributed by atoms with Crippen LogP contribution in [0.3, 0.4) is 0 Å². The van der Waals surface area contributed by atoms with Gasteiger partial charge in [-0.25, -0.2) is 4.79 Å². The number of carboxylic acids is 1. The molecule has 1 aliphatic heterocycles. The second-order valence-corrected chi connectivity index (χ2v) is 6.69. The number of benzene rings is 2. The number of fused-ring (bicyclic) bond motifs is 1. The summed E-state index contributed by atoms with van der Waals surface area (Å²) in [5.74, 6) is -0.930. The van der Waals surface area contributed by atoms with E-state index in [4.69, 9.17) is 5.11 Å². The SMILES string of the molecule is O=C(O)c1ccc2c(c1)CN(C(=O)CCCNc1ccc([N+](=O)[O-])cc1)CC2. The highest BCUT2D eigenvalue weighted by Gasteiger charge is 2.21. The van der Waals surface area contributed by atoms with Gasteiger partial charge in [-0.1, -0.05) is 6.07 Å². The lowest BCUT2D eigenvalue weighted by molar-refractivity contribution is -0.384. The molecule has 1 amide bonds. The third-order valence-corrected chi connectivity index (χ3v) is 4.79. The van der Waals surface area contributed by atoms with E-state index in [0.29, 0.717) is 32.5 Å². The number of hydrogen-bond donors (Lipinski definition) is 2. The Labute approximate surface area is 161 Å². The summed E-state index contributed by atoms with van der Waals surface area (Å²) in [6, 6.07) is 11.2. The van der Waals surface area contributed by atoms with E-state index < -0.39 is 10.9 Å². The lowest BCUT2D eigenvalue weighted by Gasteiger charge is -2.29. The Balaban J connectivity index is 1.47. The molecule has 3 rings (SSSR count). The van der Waals surface area contributed by atoms with Crippen molar-refractivity contribution in [1.29, 1.82) is 0 Å². The predicted octanol–water partition coefficient (Wildman–Crippen LogP) is 3.07. The second-order valence-electron chi connectivity index (χ2n) is 6.69. The Morgan fingerprint density at radius 1 is 1.14 bits per heavy atom. The van der Waals surface area contributed by atoms with Gasteiger partial charge in [-0.3, -0.25) is 14.9 Å². The molecule has 2 aromatic carbocycles. The number of carboxylic acid groups (broad SMARTS) is 1. The highest BCUT2D eigenvalue weighted by molar-refractivity contribution is 5.88. The van der Waals surface area contributed by atoms with Crippen LogP contribution in [-0.4, -0.2) is 39.9 Å². The maximum atomic E-state index is 12.5. The summed E-state index contributed by atoms with van der Waals surface area (Å²) in [6.45, 7) is 1.65. The van der Waals surface area contributed by atoms with Crippen molar-refractivity contribution >= 4 is 23.3 Å². The first-order valence-corrected chi connectivity index (χ1v) is 9.05. The van der Waals surface area contributed by atoms with Crippen molar-refractivity contribution in [2.75, 3.05) is 18.4 Å². The molecule has 28 heavy (non-hydrogen) atoms. The number of nitro groups is 1. The molecule has 0 spiro atoms. The van der Waals surface area contributed by atoms with Gasteiger partial charge >= 0.3 is 5.97 Å². The van der Waals surface area contributed by atoms with Crippen LogP contribution in [0.5, 0.6) is 0 Å². The minimum absolute atomic E-state index is 0.0388. The van der Waals surface area contributed by atoms with E-state index in [0.717, 1.165) is 23.2 Å². The number of hydrogen-bond acceptors (Lipinski definition) is 5. The van der Waals surface area contributed by atoms with E-state index in [2.05, 4.69) is 5.32 Å². The fourth-order valence-corrected chi connectivity index (χ4v) is 3.23. The molecule has 8 nitrogen and oxygen atoms in total. The van der Waals surface area contributed by atoms with E-state index in [9.17, 15) is 19.7 Å². The Hall–Kier alpha value is -3.42. The van der Waals surface area contributed by atoms with Crippen LogP contribution in [0.4, 0.5) is 11.4 Å². The average molecular weight is 383 g/mol. The van der Waals surface area contributed by atoms with Crippen molar-refractivity contribution in [2.45, 2.75) is 25.8 Å². The minimum atomic E-state index is -0.969. The molecule has 0 radical (unpaired) electrons. The van der Waals surface area contributed by atoms with Crippen molar-refractivity contribution in [2.24, 2.45) is 0 Å². The molecule has 0 atom stereocenters. The summed E-state index contributed by atoms with van der Waals surface area (Å²) < 4.78 is 0. The second kappa shape index (κ2) is 8.51. The van der Waals surface area contributed by atoms with Crippen molar-refractivity contribution in [3.05, 3.63) is 69.3 Å². The maximum Gasteiger partial charge on any atom is 0.335 e. The smallest absolute Gasteiger partial charge is 0.335 e. The van der Waals surface area contributed by atoms with E-state index in [-0.39, 0.29) is 17.2 Å². The number of anilines is 1. The van der Waals surface area contributed by atoms with Gasteiger partial charge in [0.1, 0.15) is 0 Å². The van der Waals surface area contributed by atoms with Gasteiger partial charge in [0.2, 0.25) is 5.91 Å². The van der Waals surface area contributed by atoms with Gasteiger partial charge < -0.3 is 15.3 Å². The largest absolute Gasteiger partial charge is 0.478 e. The molecular formula is C20H21N3O5. The number of carbonyl (C=O) groups is 2. The first-order chi connectivity index (χ1) is 13.4.